The summed E-state index contributed by atoms with van der Waals surface area (Å²) in [4.78, 5) is 13.1. The molecule has 1 aliphatic rings. The largest absolute Gasteiger partial charge is 0.484 e. The lowest BCUT2D eigenvalue weighted by molar-refractivity contribution is -0.119. The summed E-state index contributed by atoms with van der Waals surface area (Å²) in [6.45, 7) is 3.98. The zero-order valence-corrected chi connectivity index (χ0v) is 12.5. The molecule has 5 nitrogen and oxygen atoms in total. The maximum absolute atomic E-state index is 10.7. The average molecular weight is 291 g/mol. The highest BCUT2D eigenvalue weighted by atomic mass is 16.5. The number of carbonyl (C=O) groups excluding carboxylic acids is 1. The van der Waals surface area contributed by atoms with E-state index in [0.29, 0.717) is 5.75 Å². The van der Waals surface area contributed by atoms with Gasteiger partial charge in [0.25, 0.3) is 5.91 Å². The molecular formula is C16H25N3O2. The van der Waals surface area contributed by atoms with Gasteiger partial charge in [-0.05, 0) is 62.5 Å². The monoisotopic (exact) mass is 291 g/mol. The van der Waals surface area contributed by atoms with E-state index >= 15 is 0 Å². The van der Waals surface area contributed by atoms with Crippen molar-refractivity contribution in [3.63, 3.8) is 0 Å². The average Bonchev–Trinajstić information content (AvgIpc) is 2.49. The molecule has 1 fully saturated rings. The van der Waals surface area contributed by atoms with Crippen LogP contribution in [-0.2, 0) is 11.3 Å². The van der Waals surface area contributed by atoms with Crippen LogP contribution in [0.3, 0.4) is 0 Å². The number of hydrogen-bond donors (Lipinski definition) is 2. The van der Waals surface area contributed by atoms with E-state index in [1.165, 1.54) is 18.4 Å². The van der Waals surface area contributed by atoms with Gasteiger partial charge in [-0.15, -0.1) is 0 Å². The van der Waals surface area contributed by atoms with Gasteiger partial charge in [0.15, 0.2) is 6.61 Å². The summed E-state index contributed by atoms with van der Waals surface area (Å²) in [5.74, 6) is 1.02. The molecule has 116 valence electrons. The van der Waals surface area contributed by atoms with Crippen molar-refractivity contribution in [3.8, 4) is 5.75 Å². The van der Waals surface area contributed by atoms with Crippen LogP contribution in [0.5, 0.6) is 5.75 Å². The van der Waals surface area contributed by atoms with Gasteiger partial charge >= 0.3 is 0 Å². The predicted molar refractivity (Wildman–Crippen MR) is 82.8 cm³/mol. The van der Waals surface area contributed by atoms with E-state index in [-0.39, 0.29) is 6.61 Å². The van der Waals surface area contributed by atoms with E-state index in [9.17, 15) is 4.79 Å². The van der Waals surface area contributed by atoms with Crippen LogP contribution in [0.2, 0.25) is 0 Å². The van der Waals surface area contributed by atoms with Crippen molar-refractivity contribution in [3.05, 3.63) is 29.8 Å². The van der Waals surface area contributed by atoms with Gasteiger partial charge < -0.3 is 16.2 Å². The van der Waals surface area contributed by atoms with E-state index in [1.807, 2.05) is 24.3 Å². The molecule has 0 radical (unpaired) electrons. The van der Waals surface area contributed by atoms with E-state index < -0.39 is 5.91 Å². The van der Waals surface area contributed by atoms with Gasteiger partial charge in [-0.2, -0.15) is 0 Å². The van der Waals surface area contributed by atoms with Crippen molar-refractivity contribution in [2.75, 3.05) is 26.2 Å². The van der Waals surface area contributed by atoms with Gasteiger partial charge in [0.2, 0.25) is 0 Å². The van der Waals surface area contributed by atoms with Gasteiger partial charge in [0, 0.05) is 6.54 Å². The zero-order valence-electron chi connectivity index (χ0n) is 12.5. The summed E-state index contributed by atoms with van der Waals surface area (Å²) in [5.41, 5.74) is 11.9. The molecule has 0 saturated carbocycles. The third-order valence-electron chi connectivity index (χ3n) is 3.99. The van der Waals surface area contributed by atoms with Crippen LogP contribution in [0.4, 0.5) is 0 Å². The number of benzene rings is 1. The maximum atomic E-state index is 10.7. The molecule has 0 spiro atoms. The number of ether oxygens (including phenoxy) is 1. The minimum Gasteiger partial charge on any atom is -0.484 e. The van der Waals surface area contributed by atoms with Gasteiger partial charge in [0.1, 0.15) is 5.75 Å². The highest BCUT2D eigenvalue weighted by molar-refractivity contribution is 5.75. The molecule has 0 aromatic heterocycles. The molecule has 1 aromatic rings. The summed E-state index contributed by atoms with van der Waals surface area (Å²) in [6.07, 6.45) is 3.65. The second-order valence-electron chi connectivity index (χ2n) is 5.70. The Labute approximate surface area is 126 Å². The first-order chi connectivity index (χ1) is 10.2. The van der Waals surface area contributed by atoms with Crippen molar-refractivity contribution in [1.82, 2.24) is 4.90 Å². The van der Waals surface area contributed by atoms with Crippen LogP contribution in [0.1, 0.15) is 24.8 Å². The number of primary amides is 1. The highest BCUT2D eigenvalue weighted by Crippen LogP contribution is 2.22. The normalized spacial score (nSPS) is 16.8. The first-order valence-electron chi connectivity index (χ1n) is 7.60. The fraction of sp³-hybridized carbons (Fsp3) is 0.562. The first kappa shape index (κ1) is 15.8. The molecular weight excluding hydrogens is 266 g/mol. The molecule has 5 heteroatoms. The molecule has 1 amide bonds. The Bertz CT molecular complexity index is 439. The fourth-order valence-electron chi connectivity index (χ4n) is 2.77. The summed E-state index contributed by atoms with van der Waals surface area (Å²) < 4.78 is 5.25. The van der Waals surface area contributed by atoms with E-state index in [1.54, 1.807) is 0 Å². The number of piperidine rings is 1. The van der Waals surface area contributed by atoms with Crippen LogP contribution >= 0.6 is 0 Å². The van der Waals surface area contributed by atoms with Crippen LogP contribution in [-0.4, -0.2) is 37.0 Å². The Morgan fingerprint density at radius 3 is 2.48 bits per heavy atom. The zero-order chi connectivity index (χ0) is 15.1. The Morgan fingerprint density at radius 2 is 1.90 bits per heavy atom. The Balaban J connectivity index is 1.77. The maximum Gasteiger partial charge on any atom is 0.255 e. The number of carbonyl (C=O) groups is 1. The van der Waals surface area contributed by atoms with Crippen molar-refractivity contribution in [1.29, 1.82) is 0 Å². The molecule has 0 bridgehead atoms. The molecule has 2 rings (SSSR count). The van der Waals surface area contributed by atoms with E-state index in [0.717, 1.165) is 38.5 Å². The minimum absolute atomic E-state index is 0.0754. The number of nitrogens with two attached hydrogens (primary N) is 2. The van der Waals surface area contributed by atoms with Gasteiger partial charge in [0.05, 0.1) is 0 Å². The van der Waals surface area contributed by atoms with Crippen LogP contribution in [0.25, 0.3) is 0 Å². The second-order valence-corrected chi connectivity index (χ2v) is 5.70. The van der Waals surface area contributed by atoms with E-state index in [2.05, 4.69) is 4.90 Å². The molecule has 0 aliphatic carbocycles. The van der Waals surface area contributed by atoms with Crippen LogP contribution in [0, 0.1) is 5.92 Å². The molecule has 0 atom stereocenters. The molecule has 1 aliphatic heterocycles. The summed E-state index contributed by atoms with van der Waals surface area (Å²) >= 11 is 0. The molecule has 1 aromatic carbocycles. The van der Waals surface area contributed by atoms with Crippen molar-refractivity contribution in [2.24, 2.45) is 17.4 Å². The smallest absolute Gasteiger partial charge is 0.255 e. The number of rotatable bonds is 7. The minimum atomic E-state index is -0.459. The predicted octanol–water partition coefficient (Wildman–Crippen LogP) is 1.11. The van der Waals surface area contributed by atoms with Crippen LogP contribution < -0.4 is 16.2 Å². The Kier molecular flexibility index (Phi) is 6.02. The number of hydrogen-bond acceptors (Lipinski definition) is 4. The number of likely N-dealkylation sites (tertiary alicyclic amines) is 1. The second kappa shape index (κ2) is 8.00. The van der Waals surface area contributed by atoms with Gasteiger partial charge in [-0.3, -0.25) is 9.69 Å². The van der Waals surface area contributed by atoms with Gasteiger partial charge in [-0.1, -0.05) is 12.1 Å². The Hall–Kier alpha value is -1.59. The first-order valence-corrected chi connectivity index (χ1v) is 7.60. The van der Waals surface area contributed by atoms with E-state index in [4.69, 9.17) is 16.2 Å². The molecule has 1 heterocycles. The van der Waals surface area contributed by atoms with Crippen molar-refractivity contribution >= 4 is 5.91 Å². The molecule has 0 unspecified atom stereocenters. The summed E-state index contributed by atoms with van der Waals surface area (Å²) in [7, 11) is 0. The van der Waals surface area contributed by atoms with Crippen LogP contribution in [0.15, 0.2) is 24.3 Å². The third kappa shape index (κ3) is 5.36. The molecule has 21 heavy (non-hydrogen) atoms. The SMILES string of the molecule is NCCC1CCN(Cc2ccc(OCC(N)=O)cc2)CC1. The molecule has 4 N–H and O–H groups in total. The summed E-state index contributed by atoms with van der Waals surface area (Å²) in [5, 5.41) is 0. The summed E-state index contributed by atoms with van der Waals surface area (Å²) in [6, 6.07) is 7.86. The standard InChI is InChI=1S/C16H25N3O2/c17-8-5-13-6-9-19(10-7-13)11-14-1-3-15(4-2-14)21-12-16(18)20/h1-4,13H,5-12,17H2,(H2,18,20). The topological polar surface area (TPSA) is 81.6 Å². The number of nitrogens with zero attached hydrogens (tertiary/aromatic N) is 1. The lowest BCUT2D eigenvalue weighted by Crippen LogP contribution is -2.33. The third-order valence-corrected chi connectivity index (χ3v) is 3.99. The van der Waals surface area contributed by atoms with Gasteiger partial charge in [-0.25, -0.2) is 0 Å². The lowest BCUT2D eigenvalue weighted by Gasteiger charge is -2.31. The van der Waals surface area contributed by atoms with Crippen molar-refractivity contribution in [2.45, 2.75) is 25.8 Å². The molecule has 1 saturated heterocycles. The lowest BCUT2D eigenvalue weighted by atomic mass is 9.93. The fourth-order valence-corrected chi connectivity index (χ4v) is 2.77. The quantitative estimate of drug-likeness (QED) is 0.788. The highest BCUT2D eigenvalue weighted by Gasteiger charge is 2.18. The number of amides is 1. The van der Waals surface area contributed by atoms with Crippen molar-refractivity contribution < 1.29 is 9.53 Å². The Morgan fingerprint density at radius 1 is 1.24 bits per heavy atom.